The Hall–Kier alpha value is -3.78. The number of carbonyl (C=O) groups is 5. The van der Waals surface area contributed by atoms with Crippen LogP contribution in [0.25, 0.3) is 0 Å². The van der Waals surface area contributed by atoms with Crippen LogP contribution in [-0.4, -0.2) is 95.8 Å². The summed E-state index contributed by atoms with van der Waals surface area (Å²) in [6.45, 7) is 9.40. The van der Waals surface area contributed by atoms with E-state index in [4.69, 9.17) is 29.8 Å². The van der Waals surface area contributed by atoms with Gasteiger partial charge >= 0.3 is 13.4 Å². The van der Waals surface area contributed by atoms with E-state index in [0.29, 0.717) is 51.7 Å². The van der Waals surface area contributed by atoms with Crippen LogP contribution in [0.3, 0.4) is 0 Å². The second-order valence-electron chi connectivity index (χ2n) is 11.7. The van der Waals surface area contributed by atoms with Gasteiger partial charge in [0.25, 0.3) is 0 Å². The average molecular weight is 837 g/mol. The number of carbonyl (C=O) groups excluding carboxylic acids is 4. The molecule has 1 aromatic rings. The fourth-order valence-electron chi connectivity index (χ4n) is 3.75. The van der Waals surface area contributed by atoms with Gasteiger partial charge in [-0.3, -0.25) is 19.2 Å². The fourth-order valence-corrected chi connectivity index (χ4v) is 3.75. The highest BCUT2D eigenvalue weighted by Crippen LogP contribution is 2.29. The van der Waals surface area contributed by atoms with Crippen molar-refractivity contribution in [1.29, 1.82) is 0 Å². The molecule has 5 N–H and O–H groups in total. The second kappa shape index (κ2) is 41.8. The number of hydrogen-bond donors (Lipinski definition) is 4. The molecule has 0 spiro atoms. The molecule has 0 aliphatic carbocycles. The van der Waals surface area contributed by atoms with Crippen molar-refractivity contribution in [2.75, 3.05) is 48.1 Å². The minimum Gasteiger partial charge on any atom is -0.481 e. The van der Waals surface area contributed by atoms with Gasteiger partial charge in [-0.1, -0.05) is 27.7 Å². The van der Waals surface area contributed by atoms with E-state index < -0.39 is 46.8 Å². The number of rotatable bonds is 24. The Kier molecular flexibility index (Phi) is 44.0. The molecular weight excluding hydrogens is 769 g/mol. The van der Waals surface area contributed by atoms with Gasteiger partial charge < -0.3 is 50.0 Å². The van der Waals surface area contributed by atoms with Crippen molar-refractivity contribution in [2.24, 2.45) is 5.73 Å². The Labute approximate surface area is 335 Å². The number of nitrogens with two attached hydrogens (primary N) is 1. The summed E-state index contributed by atoms with van der Waals surface area (Å²) in [6, 6.07) is 0. The van der Waals surface area contributed by atoms with Crippen molar-refractivity contribution < 1.29 is 76.1 Å². The first kappa shape index (κ1) is 59.9. The Morgan fingerprint density at radius 1 is 0.649 bits per heavy atom. The maximum atomic E-state index is 13.0. The zero-order valence-corrected chi connectivity index (χ0v) is 34.7. The minimum atomic E-state index is -2.30. The van der Waals surface area contributed by atoms with E-state index in [1.807, 2.05) is 20.8 Å². The number of benzene rings is 1. The number of ether oxygens (including phenoxy) is 5. The molecule has 14 nitrogen and oxygen atoms in total. The molecule has 2 amide bonds. The molecule has 0 fully saturated rings. The first-order chi connectivity index (χ1) is 27.1. The SMILES string of the molecule is CCCC(=O)NCCCC(OC)OC.CCCC(=O)NCCCC=O.CCCC(=O)O.CCCC(=O)Oc1c(F)c(F)c(F)c(F)c1F.COC(CCCN)OC.[H+]. The van der Waals surface area contributed by atoms with Gasteiger partial charge in [-0.15, -0.1) is 0 Å². The van der Waals surface area contributed by atoms with E-state index in [9.17, 15) is 45.9 Å². The third-order valence-corrected chi connectivity index (χ3v) is 6.71. The summed E-state index contributed by atoms with van der Waals surface area (Å²) >= 11 is 0. The summed E-state index contributed by atoms with van der Waals surface area (Å²) in [5.41, 5.74) is 5.28. The van der Waals surface area contributed by atoms with Crippen molar-refractivity contribution in [1.82, 2.24) is 10.6 Å². The van der Waals surface area contributed by atoms with Crippen LogP contribution in [0.2, 0.25) is 0 Å². The molecule has 0 unspecified atom stereocenters. The summed E-state index contributed by atoms with van der Waals surface area (Å²) in [4.78, 5) is 52.3. The molecule has 0 heterocycles. The largest absolute Gasteiger partial charge is 1.00 e. The van der Waals surface area contributed by atoms with Gasteiger partial charge in [0.2, 0.25) is 46.6 Å². The number of methoxy groups -OCH3 is 4. The smallest absolute Gasteiger partial charge is 0.481 e. The maximum absolute atomic E-state index is 13.0. The van der Waals surface area contributed by atoms with Gasteiger partial charge in [0, 0.05) is 80.1 Å². The lowest BCUT2D eigenvalue weighted by atomic mass is 10.2. The van der Waals surface area contributed by atoms with E-state index in [1.165, 1.54) is 0 Å². The highest BCUT2D eigenvalue weighted by atomic mass is 19.2. The number of unbranched alkanes of at least 4 members (excludes halogenated alkanes) is 1. The average Bonchev–Trinajstić information content (AvgIpc) is 3.18. The highest BCUT2D eigenvalue weighted by molar-refractivity contribution is 5.76. The third kappa shape index (κ3) is 35.1. The summed E-state index contributed by atoms with van der Waals surface area (Å²) < 4.78 is 88.0. The molecule has 0 saturated carbocycles. The van der Waals surface area contributed by atoms with E-state index in [1.54, 1.807) is 35.4 Å². The predicted molar refractivity (Wildman–Crippen MR) is 205 cm³/mol. The molecule has 19 heteroatoms. The first-order valence-corrected chi connectivity index (χ1v) is 18.8. The zero-order valence-electron chi connectivity index (χ0n) is 35.7. The fraction of sp³-hybridized carbons (Fsp3) is 0.711. The Balaban J connectivity index is -0.000000209. The molecule has 0 aliphatic heterocycles. The van der Waals surface area contributed by atoms with Gasteiger partial charge in [0.1, 0.15) is 6.29 Å². The number of aliphatic carboxylic acids is 1. The molecule has 0 saturated heterocycles. The highest BCUT2D eigenvalue weighted by Gasteiger charge is 2.28. The maximum Gasteiger partial charge on any atom is 1.00 e. The molecular formula is C38H67F5N3O11+. The zero-order chi connectivity index (χ0) is 44.6. The van der Waals surface area contributed by atoms with Gasteiger partial charge in [0.15, 0.2) is 12.6 Å². The van der Waals surface area contributed by atoms with Gasteiger partial charge in [-0.25, -0.2) is 13.2 Å². The van der Waals surface area contributed by atoms with Crippen LogP contribution in [0.5, 0.6) is 5.75 Å². The Morgan fingerprint density at radius 3 is 1.37 bits per heavy atom. The lowest BCUT2D eigenvalue weighted by Gasteiger charge is -2.12. The lowest BCUT2D eigenvalue weighted by Crippen LogP contribution is -2.25. The Bertz CT molecular complexity index is 1190. The molecule has 0 radical (unpaired) electrons. The van der Waals surface area contributed by atoms with Crippen LogP contribution in [-0.2, 0) is 42.9 Å². The monoisotopic (exact) mass is 836 g/mol. The van der Waals surface area contributed by atoms with Crippen molar-refractivity contribution in [2.45, 2.75) is 130 Å². The number of hydrogen-bond acceptors (Lipinski definition) is 11. The molecule has 1 rings (SSSR count). The van der Waals surface area contributed by atoms with Crippen LogP contribution in [0.4, 0.5) is 22.0 Å². The van der Waals surface area contributed by atoms with Crippen molar-refractivity contribution >= 4 is 30.0 Å². The van der Waals surface area contributed by atoms with Crippen molar-refractivity contribution in [3.05, 3.63) is 29.1 Å². The predicted octanol–water partition coefficient (Wildman–Crippen LogP) is 6.60. The molecule has 0 aromatic heterocycles. The van der Waals surface area contributed by atoms with E-state index in [0.717, 1.165) is 57.7 Å². The summed E-state index contributed by atoms with van der Waals surface area (Å²) in [5.74, 6) is -14.1. The molecule has 0 aliphatic rings. The molecule has 0 atom stereocenters. The van der Waals surface area contributed by atoms with Crippen molar-refractivity contribution in [3.63, 3.8) is 0 Å². The van der Waals surface area contributed by atoms with Crippen LogP contribution < -0.4 is 21.1 Å². The van der Waals surface area contributed by atoms with Gasteiger partial charge in [-0.2, -0.15) is 8.78 Å². The summed E-state index contributed by atoms with van der Waals surface area (Å²) in [5, 5.41) is 13.5. The topological polar surface area (TPSA) is 202 Å². The second-order valence-corrected chi connectivity index (χ2v) is 11.7. The lowest BCUT2D eigenvalue weighted by molar-refractivity contribution is -0.137. The molecule has 334 valence electrons. The number of carboxylic acid groups (broad SMARTS) is 1. The number of aldehydes is 1. The van der Waals surface area contributed by atoms with Crippen LogP contribution >= 0.6 is 0 Å². The standard InChI is InChI=1S/C10H7F5O2.C10H21NO3.C8H15NO2.C6H15NO2.C4H8O2/c1-2-3-4(16)17-10-8(14)6(12)5(11)7(13)9(10)15;1-4-6-9(12)11-8-5-7-10(13-2)14-3;1-2-5-8(11)9-6-3-4-7-10;1-8-6(9-2)4-3-5-7;1-2-3-4(5)6/h2-3H2,1H3;10H,4-8H2,1-3H3,(H,11,12);7H,2-6H2,1H3,(H,9,11);6H,3-5,7H2,1-2H3;2-3H2,1H3,(H,5,6)/p+1. The first-order valence-electron chi connectivity index (χ1n) is 18.8. The number of amides is 2. The minimum absolute atomic E-state index is 0. The van der Waals surface area contributed by atoms with Crippen LogP contribution in [0.1, 0.15) is 119 Å². The number of esters is 1. The molecule has 0 bridgehead atoms. The van der Waals surface area contributed by atoms with Gasteiger partial charge in [-0.05, 0) is 57.9 Å². The Morgan fingerprint density at radius 2 is 1.04 bits per heavy atom. The number of nitrogens with one attached hydrogen (secondary N) is 2. The molecule has 1 aromatic carbocycles. The summed E-state index contributed by atoms with van der Waals surface area (Å²) in [6.07, 6.45) is 9.53. The van der Waals surface area contributed by atoms with Gasteiger partial charge in [0.05, 0.1) is 0 Å². The van der Waals surface area contributed by atoms with E-state index in [-0.39, 0.29) is 32.2 Å². The quantitative estimate of drug-likeness (QED) is 0.0127. The number of halogens is 5. The van der Waals surface area contributed by atoms with Crippen LogP contribution in [0.15, 0.2) is 0 Å². The van der Waals surface area contributed by atoms with E-state index >= 15 is 0 Å². The van der Waals surface area contributed by atoms with E-state index in [2.05, 4.69) is 15.4 Å². The number of carboxylic acids is 1. The third-order valence-electron chi connectivity index (χ3n) is 6.71. The van der Waals surface area contributed by atoms with Crippen LogP contribution in [0, 0.1) is 29.1 Å². The summed E-state index contributed by atoms with van der Waals surface area (Å²) in [7, 11) is 6.49. The normalized spacial score (nSPS) is 10.0. The molecule has 57 heavy (non-hydrogen) atoms. The van der Waals surface area contributed by atoms with Crippen molar-refractivity contribution in [3.8, 4) is 5.75 Å².